The maximum atomic E-state index is 4.34. The van der Waals surface area contributed by atoms with Crippen molar-refractivity contribution in [3.8, 4) is 0 Å². The molecule has 0 saturated heterocycles. The molecular formula is C15H25N3. The Morgan fingerprint density at radius 1 is 1.11 bits per heavy atom. The summed E-state index contributed by atoms with van der Waals surface area (Å²) >= 11 is 0. The minimum atomic E-state index is 0.736. The average Bonchev–Trinajstić information content (AvgIpc) is 2.65. The molecule has 3 nitrogen and oxygen atoms in total. The van der Waals surface area contributed by atoms with E-state index in [9.17, 15) is 0 Å². The molecule has 0 amide bonds. The van der Waals surface area contributed by atoms with Gasteiger partial charge < -0.3 is 10.6 Å². The fourth-order valence-electron chi connectivity index (χ4n) is 2.52. The first-order valence-corrected chi connectivity index (χ1v) is 7.24. The van der Waals surface area contributed by atoms with Crippen LogP contribution in [0.4, 0.5) is 5.82 Å². The third kappa shape index (κ3) is 4.65. The van der Waals surface area contributed by atoms with Crippen LogP contribution < -0.4 is 10.6 Å². The minimum Gasteiger partial charge on any atom is -0.369 e. The molecule has 2 N–H and O–H groups in total. The SMILES string of the molecule is Cc1ccc(NCCNC2CCCCCC2)nc1. The molecular weight excluding hydrogens is 222 g/mol. The number of nitrogens with zero attached hydrogens (tertiary/aromatic N) is 1. The van der Waals surface area contributed by atoms with Crippen molar-refractivity contribution in [1.29, 1.82) is 0 Å². The fourth-order valence-corrected chi connectivity index (χ4v) is 2.52. The quantitative estimate of drug-likeness (QED) is 0.620. The zero-order chi connectivity index (χ0) is 12.6. The van der Waals surface area contributed by atoms with E-state index >= 15 is 0 Å². The zero-order valence-electron chi connectivity index (χ0n) is 11.4. The van der Waals surface area contributed by atoms with Crippen LogP contribution in [-0.2, 0) is 0 Å². The Morgan fingerprint density at radius 2 is 1.89 bits per heavy atom. The molecule has 0 aliphatic heterocycles. The smallest absolute Gasteiger partial charge is 0.125 e. The van der Waals surface area contributed by atoms with Gasteiger partial charge in [0.05, 0.1) is 0 Å². The first kappa shape index (κ1) is 13.3. The van der Waals surface area contributed by atoms with Gasteiger partial charge in [0.1, 0.15) is 5.82 Å². The largest absolute Gasteiger partial charge is 0.369 e. The molecule has 1 saturated carbocycles. The number of hydrogen-bond acceptors (Lipinski definition) is 3. The summed E-state index contributed by atoms with van der Waals surface area (Å²) in [5.74, 6) is 0.975. The Labute approximate surface area is 110 Å². The molecule has 1 aromatic rings. The molecule has 3 heteroatoms. The number of aromatic nitrogens is 1. The maximum Gasteiger partial charge on any atom is 0.125 e. The molecule has 1 aromatic heterocycles. The van der Waals surface area contributed by atoms with Gasteiger partial charge in [-0.1, -0.05) is 31.7 Å². The predicted octanol–water partition coefficient (Wildman–Crippen LogP) is 3.11. The van der Waals surface area contributed by atoms with Crippen LogP contribution in [0.3, 0.4) is 0 Å². The third-order valence-corrected chi connectivity index (χ3v) is 3.63. The van der Waals surface area contributed by atoms with Crippen LogP contribution in [0.25, 0.3) is 0 Å². The van der Waals surface area contributed by atoms with Crippen molar-refractivity contribution in [1.82, 2.24) is 10.3 Å². The van der Waals surface area contributed by atoms with Gasteiger partial charge in [-0.3, -0.25) is 0 Å². The van der Waals surface area contributed by atoms with E-state index in [2.05, 4.69) is 28.6 Å². The van der Waals surface area contributed by atoms with Crippen molar-refractivity contribution < 1.29 is 0 Å². The van der Waals surface area contributed by atoms with Crippen molar-refractivity contribution in [2.24, 2.45) is 0 Å². The highest BCUT2D eigenvalue weighted by atomic mass is 15.0. The molecule has 0 bridgehead atoms. The van der Waals surface area contributed by atoms with Gasteiger partial charge in [0.15, 0.2) is 0 Å². The van der Waals surface area contributed by atoms with E-state index in [-0.39, 0.29) is 0 Å². The highest BCUT2D eigenvalue weighted by molar-refractivity contribution is 5.34. The van der Waals surface area contributed by atoms with Crippen molar-refractivity contribution in [2.75, 3.05) is 18.4 Å². The Balaban J connectivity index is 1.61. The number of rotatable bonds is 5. The van der Waals surface area contributed by atoms with Crippen LogP contribution in [0.1, 0.15) is 44.1 Å². The van der Waals surface area contributed by atoms with Crippen LogP contribution in [0.15, 0.2) is 18.3 Å². The van der Waals surface area contributed by atoms with Gasteiger partial charge in [0, 0.05) is 25.3 Å². The molecule has 1 aliphatic carbocycles. The number of aryl methyl sites for hydroxylation is 1. The van der Waals surface area contributed by atoms with Gasteiger partial charge in [0.2, 0.25) is 0 Å². The van der Waals surface area contributed by atoms with E-state index in [1.807, 2.05) is 12.3 Å². The van der Waals surface area contributed by atoms with Gasteiger partial charge in [-0.25, -0.2) is 4.98 Å². The normalized spacial score (nSPS) is 17.4. The maximum absolute atomic E-state index is 4.34. The second-order valence-electron chi connectivity index (χ2n) is 5.29. The van der Waals surface area contributed by atoms with E-state index in [1.165, 1.54) is 44.1 Å². The molecule has 0 unspecified atom stereocenters. The topological polar surface area (TPSA) is 37.0 Å². The summed E-state index contributed by atoms with van der Waals surface area (Å²) in [6.07, 6.45) is 10.2. The Kier molecular flexibility index (Phi) is 5.46. The van der Waals surface area contributed by atoms with Crippen LogP contribution in [0.5, 0.6) is 0 Å². The first-order chi connectivity index (χ1) is 8.84. The van der Waals surface area contributed by atoms with Crippen molar-refractivity contribution >= 4 is 5.82 Å². The van der Waals surface area contributed by atoms with Crippen LogP contribution in [0, 0.1) is 6.92 Å². The van der Waals surface area contributed by atoms with Gasteiger partial charge in [0.25, 0.3) is 0 Å². The molecule has 2 rings (SSSR count). The lowest BCUT2D eigenvalue weighted by Gasteiger charge is -2.16. The number of hydrogen-bond donors (Lipinski definition) is 2. The summed E-state index contributed by atoms with van der Waals surface area (Å²) in [6, 6.07) is 4.87. The molecule has 0 spiro atoms. The molecule has 0 aromatic carbocycles. The lowest BCUT2D eigenvalue weighted by molar-refractivity contribution is 0.468. The molecule has 18 heavy (non-hydrogen) atoms. The summed E-state index contributed by atoms with van der Waals surface area (Å²) in [6.45, 7) is 4.04. The predicted molar refractivity (Wildman–Crippen MR) is 77.0 cm³/mol. The van der Waals surface area contributed by atoms with Gasteiger partial charge >= 0.3 is 0 Å². The number of nitrogens with one attached hydrogen (secondary N) is 2. The van der Waals surface area contributed by atoms with Crippen LogP contribution in [0.2, 0.25) is 0 Å². The molecule has 0 atom stereocenters. The van der Waals surface area contributed by atoms with Gasteiger partial charge in [-0.2, -0.15) is 0 Å². The average molecular weight is 247 g/mol. The molecule has 1 heterocycles. The number of pyridine rings is 1. The van der Waals surface area contributed by atoms with Crippen LogP contribution >= 0.6 is 0 Å². The molecule has 1 aliphatic rings. The minimum absolute atomic E-state index is 0.736. The van der Waals surface area contributed by atoms with E-state index < -0.39 is 0 Å². The summed E-state index contributed by atoms with van der Waals surface area (Å²) < 4.78 is 0. The van der Waals surface area contributed by atoms with Crippen molar-refractivity contribution in [2.45, 2.75) is 51.5 Å². The second-order valence-corrected chi connectivity index (χ2v) is 5.29. The highest BCUT2D eigenvalue weighted by Crippen LogP contribution is 2.16. The third-order valence-electron chi connectivity index (χ3n) is 3.63. The fraction of sp³-hybridized carbons (Fsp3) is 0.667. The molecule has 0 radical (unpaired) electrons. The lowest BCUT2D eigenvalue weighted by atomic mass is 10.1. The second kappa shape index (κ2) is 7.37. The summed E-state index contributed by atoms with van der Waals surface area (Å²) in [7, 11) is 0. The summed E-state index contributed by atoms with van der Waals surface area (Å²) in [5, 5.41) is 7.01. The lowest BCUT2D eigenvalue weighted by Crippen LogP contribution is -2.32. The Morgan fingerprint density at radius 3 is 2.56 bits per heavy atom. The zero-order valence-corrected chi connectivity index (χ0v) is 11.4. The van der Waals surface area contributed by atoms with E-state index in [1.54, 1.807) is 0 Å². The Bertz CT molecular complexity index is 326. The summed E-state index contributed by atoms with van der Waals surface area (Å²) in [5.41, 5.74) is 1.21. The standard InChI is InChI=1S/C15H25N3/c1-13-8-9-15(18-12-13)17-11-10-16-14-6-4-2-3-5-7-14/h8-9,12,14,16H,2-7,10-11H2,1H3,(H,17,18). The first-order valence-electron chi connectivity index (χ1n) is 7.24. The van der Waals surface area contributed by atoms with Gasteiger partial charge in [-0.05, 0) is 31.4 Å². The highest BCUT2D eigenvalue weighted by Gasteiger charge is 2.10. The molecule has 100 valence electrons. The van der Waals surface area contributed by atoms with E-state index in [0.717, 1.165) is 24.9 Å². The van der Waals surface area contributed by atoms with Crippen molar-refractivity contribution in [3.05, 3.63) is 23.9 Å². The number of anilines is 1. The monoisotopic (exact) mass is 247 g/mol. The van der Waals surface area contributed by atoms with E-state index in [0.29, 0.717) is 0 Å². The summed E-state index contributed by atoms with van der Waals surface area (Å²) in [4.78, 5) is 4.34. The van der Waals surface area contributed by atoms with Crippen molar-refractivity contribution in [3.63, 3.8) is 0 Å². The molecule has 1 fully saturated rings. The van der Waals surface area contributed by atoms with E-state index in [4.69, 9.17) is 0 Å². The van der Waals surface area contributed by atoms with Crippen LogP contribution in [-0.4, -0.2) is 24.1 Å². The Hall–Kier alpha value is -1.09. The van der Waals surface area contributed by atoms with Gasteiger partial charge in [-0.15, -0.1) is 0 Å².